The summed E-state index contributed by atoms with van der Waals surface area (Å²) in [5.41, 5.74) is 2.86. The van der Waals surface area contributed by atoms with Crippen molar-refractivity contribution in [2.75, 3.05) is 11.9 Å². The van der Waals surface area contributed by atoms with Gasteiger partial charge in [-0.1, -0.05) is 36.8 Å². The molecule has 2 aromatic rings. The molecule has 0 radical (unpaired) electrons. The zero-order valence-electron chi connectivity index (χ0n) is 11.1. The van der Waals surface area contributed by atoms with E-state index in [4.69, 9.17) is 5.10 Å². The number of aryl methyl sites for hydroxylation is 1. The van der Waals surface area contributed by atoms with E-state index in [1.807, 2.05) is 0 Å². The lowest BCUT2D eigenvalue weighted by Gasteiger charge is -2.41. The molecule has 1 aromatic heterocycles. The second kappa shape index (κ2) is 4.12. The fraction of sp³-hybridized carbons (Fsp3) is 0.438. The number of fused-ring (bicyclic) bond motifs is 1. The number of anilines is 1. The third kappa shape index (κ3) is 1.61. The molecular formula is C16H19N3. The Labute approximate surface area is 113 Å². The molecule has 0 atom stereocenters. The molecule has 0 amide bonds. The lowest BCUT2D eigenvalue weighted by Crippen LogP contribution is -2.36. The van der Waals surface area contributed by atoms with E-state index < -0.39 is 0 Å². The molecular weight excluding hydrogens is 234 g/mol. The van der Waals surface area contributed by atoms with Gasteiger partial charge in [0.15, 0.2) is 0 Å². The number of nitrogens with one attached hydrogen (secondary N) is 1. The molecule has 19 heavy (non-hydrogen) atoms. The van der Waals surface area contributed by atoms with Gasteiger partial charge in [-0.3, -0.25) is 0 Å². The van der Waals surface area contributed by atoms with E-state index in [-0.39, 0.29) is 5.41 Å². The minimum Gasteiger partial charge on any atom is -0.370 e. The summed E-state index contributed by atoms with van der Waals surface area (Å²) in [6.45, 7) is 2.12. The largest absolute Gasteiger partial charge is 0.370 e. The Kier molecular flexibility index (Phi) is 2.40. The van der Waals surface area contributed by atoms with Crippen LogP contribution in [0.15, 0.2) is 36.4 Å². The van der Waals surface area contributed by atoms with Crippen LogP contribution in [0.1, 0.15) is 36.9 Å². The van der Waals surface area contributed by atoms with Gasteiger partial charge < -0.3 is 5.32 Å². The lowest BCUT2D eigenvalue weighted by atomic mass is 9.62. The van der Waals surface area contributed by atoms with E-state index >= 15 is 0 Å². The van der Waals surface area contributed by atoms with E-state index in [9.17, 15) is 0 Å². The predicted molar refractivity (Wildman–Crippen MR) is 76.4 cm³/mol. The van der Waals surface area contributed by atoms with Gasteiger partial charge in [-0.15, -0.1) is 0 Å². The van der Waals surface area contributed by atoms with Crippen molar-refractivity contribution in [1.82, 2.24) is 9.78 Å². The molecule has 0 bridgehead atoms. The smallest absolute Gasteiger partial charge is 0.124 e. The molecule has 0 saturated heterocycles. The summed E-state index contributed by atoms with van der Waals surface area (Å²) in [6, 6.07) is 13.2. The SMILES string of the molecule is c1ccc(C2(c3cc4n(n3)CCCN4)CCC2)cc1. The second-order valence-corrected chi connectivity index (χ2v) is 5.72. The van der Waals surface area contributed by atoms with Crippen LogP contribution in [0.5, 0.6) is 0 Å². The molecule has 1 aliphatic carbocycles. The Balaban J connectivity index is 1.79. The summed E-state index contributed by atoms with van der Waals surface area (Å²) < 4.78 is 2.14. The molecule has 1 saturated carbocycles. The zero-order chi connectivity index (χ0) is 12.7. The molecule has 3 heteroatoms. The highest BCUT2D eigenvalue weighted by Crippen LogP contribution is 2.48. The van der Waals surface area contributed by atoms with E-state index in [0.29, 0.717) is 0 Å². The summed E-state index contributed by atoms with van der Waals surface area (Å²) in [5.74, 6) is 1.20. The van der Waals surface area contributed by atoms with Gasteiger partial charge in [0.1, 0.15) is 5.82 Å². The van der Waals surface area contributed by atoms with Gasteiger partial charge >= 0.3 is 0 Å². The van der Waals surface area contributed by atoms with Crippen molar-refractivity contribution in [1.29, 1.82) is 0 Å². The summed E-state index contributed by atoms with van der Waals surface area (Å²) in [7, 11) is 0. The Morgan fingerprint density at radius 3 is 2.63 bits per heavy atom. The van der Waals surface area contributed by atoms with Crippen LogP contribution in [0, 0.1) is 0 Å². The average molecular weight is 253 g/mol. The first kappa shape index (κ1) is 11.1. The fourth-order valence-electron chi connectivity index (χ4n) is 3.39. The topological polar surface area (TPSA) is 29.9 Å². The minimum atomic E-state index is 0.174. The number of hydrogen-bond donors (Lipinski definition) is 1. The van der Waals surface area contributed by atoms with Crippen molar-refractivity contribution in [2.24, 2.45) is 0 Å². The molecule has 1 aromatic carbocycles. The van der Waals surface area contributed by atoms with Crippen molar-refractivity contribution in [3.63, 3.8) is 0 Å². The Hall–Kier alpha value is -1.77. The number of benzene rings is 1. The maximum Gasteiger partial charge on any atom is 0.124 e. The van der Waals surface area contributed by atoms with Gasteiger partial charge in [0.2, 0.25) is 0 Å². The van der Waals surface area contributed by atoms with Crippen molar-refractivity contribution in [3.8, 4) is 0 Å². The van der Waals surface area contributed by atoms with Crippen LogP contribution in [0.4, 0.5) is 5.82 Å². The van der Waals surface area contributed by atoms with Crippen LogP contribution < -0.4 is 5.32 Å². The Morgan fingerprint density at radius 2 is 1.95 bits per heavy atom. The van der Waals surface area contributed by atoms with E-state index in [2.05, 4.69) is 46.4 Å². The predicted octanol–water partition coefficient (Wildman–Crippen LogP) is 3.17. The van der Waals surface area contributed by atoms with Gasteiger partial charge in [0, 0.05) is 24.6 Å². The van der Waals surface area contributed by atoms with Crippen molar-refractivity contribution >= 4 is 5.82 Å². The van der Waals surface area contributed by atoms with Gasteiger partial charge in [0.25, 0.3) is 0 Å². The van der Waals surface area contributed by atoms with E-state index in [1.54, 1.807) is 0 Å². The Morgan fingerprint density at radius 1 is 1.11 bits per heavy atom. The fourth-order valence-corrected chi connectivity index (χ4v) is 3.39. The van der Waals surface area contributed by atoms with Gasteiger partial charge in [-0.25, -0.2) is 4.68 Å². The van der Waals surface area contributed by atoms with E-state index in [0.717, 1.165) is 13.1 Å². The molecule has 1 aliphatic heterocycles. The monoisotopic (exact) mass is 253 g/mol. The van der Waals surface area contributed by atoms with Crippen LogP contribution in [-0.2, 0) is 12.0 Å². The van der Waals surface area contributed by atoms with Crippen molar-refractivity contribution in [2.45, 2.75) is 37.6 Å². The molecule has 2 heterocycles. The standard InChI is InChI=1S/C16H19N3/c1-2-6-13(7-3-1)16(8-4-9-16)14-12-15-17-10-5-11-19(15)18-14/h1-3,6-7,12,17H,4-5,8-11H2. The third-order valence-electron chi connectivity index (χ3n) is 4.66. The van der Waals surface area contributed by atoms with Gasteiger partial charge in [0.05, 0.1) is 5.69 Å². The summed E-state index contributed by atoms with van der Waals surface area (Å²) >= 11 is 0. The van der Waals surface area contributed by atoms with Crippen molar-refractivity contribution in [3.05, 3.63) is 47.7 Å². The lowest BCUT2D eigenvalue weighted by molar-refractivity contribution is 0.290. The number of hydrogen-bond acceptors (Lipinski definition) is 2. The van der Waals surface area contributed by atoms with Gasteiger partial charge in [-0.2, -0.15) is 5.10 Å². The number of nitrogens with zero attached hydrogens (tertiary/aromatic N) is 2. The quantitative estimate of drug-likeness (QED) is 0.891. The number of aromatic nitrogens is 2. The van der Waals surface area contributed by atoms with E-state index in [1.165, 1.54) is 42.8 Å². The van der Waals surface area contributed by atoms with Crippen LogP contribution in [0.2, 0.25) is 0 Å². The first-order valence-electron chi connectivity index (χ1n) is 7.26. The molecule has 3 nitrogen and oxygen atoms in total. The highest BCUT2D eigenvalue weighted by atomic mass is 15.3. The molecule has 2 aliphatic rings. The Bertz CT molecular complexity index is 558. The molecule has 1 N–H and O–H groups in total. The maximum atomic E-state index is 4.88. The first-order chi connectivity index (χ1) is 9.38. The highest BCUT2D eigenvalue weighted by molar-refractivity contribution is 5.46. The van der Waals surface area contributed by atoms with Gasteiger partial charge in [-0.05, 0) is 24.8 Å². The normalized spacial score (nSPS) is 20.2. The van der Waals surface area contributed by atoms with Crippen LogP contribution in [-0.4, -0.2) is 16.3 Å². The summed E-state index contributed by atoms with van der Waals surface area (Å²) in [6.07, 6.45) is 4.94. The number of rotatable bonds is 2. The van der Waals surface area contributed by atoms with Crippen LogP contribution in [0.3, 0.4) is 0 Å². The highest BCUT2D eigenvalue weighted by Gasteiger charge is 2.42. The molecule has 0 spiro atoms. The zero-order valence-corrected chi connectivity index (χ0v) is 11.1. The van der Waals surface area contributed by atoms with Crippen LogP contribution >= 0.6 is 0 Å². The summed E-state index contributed by atoms with van der Waals surface area (Å²) in [5, 5.41) is 8.33. The third-order valence-corrected chi connectivity index (χ3v) is 4.66. The molecule has 0 unspecified atom stereocenters. The van der Waals surface area contributed by atoms with Crippen LogP contribution in [0.25, 0.3) is 0 Å². The second-order valence-electron chi connectivity index (χ2n) is 5.72. The summed E-state index contributed by atoms with van der Waals surface area (Å²) in [4.78, 5) is 0. The van der Waals surface area contributed by atoms with Crippen molar-refractivity contribution < 1.29 is 0 Å². The first-order valence-corrected chi connectivity index (χ1v) is 7.26. The minimum absolute atomic E-state index is 0.174. The maximum absolute atomic E-state index is 4.88. The average Bonchev–Trinajstić information content (AvgIpc) is 2.82. The molecule has 1 fully saturated rings. The molecule has 98 valence electrons. The molecule has 4 rings (SSSR count).